The van der Waals surface area contributed by atoms with E-state index in [2.05, 4.69) is 10.4 Å². The molecule has 2 aromatic carbocycles. The van der Waals surface area contributed by atoms with Gasteiger partial charge in [0.1, 0.15) is 11.2 Å². The minimum Gasteiger partial charge on any atom is -0.313 e. The maximum atomic E-state index is 13.4. The smallest absolute Gasteiger partial charge is 0.242 e. The number of nitrogens with one attached hydrogen (secondary N) is 1. The molecule has 0 saturated heterocycles. The van der Waals surface area contributed by atoms with Gasteiger partial charge >= 0.3 is 0 Å². The van der Waals surface area contributed by atoms with Crippen LogP contribution in [-0.2, 0) is 15.0 Å². The Bertz CT molecular complexity index is 1110. The molecule has 134 valence electrons. The Labute approximate surface area is 160 Å². The number of hydrogen-bond donors (Lipinski definition) is 1. The van der Waals surface area contributed by atoms with Crippen LogP contribution in [0, 0.1) is 0 Å². The maximum absolute atomic E-state index is 13.4. The van der Waals surface area contributed by atoms with Crippen LogP contribution in [0.3, 0.4) is 0 Å². The van der Waals surface area contributed by atoms with Gasteiger partial charge in [0.15, 0.2) is 0 Å². The van der Waals surface area contributed by atoms with Crippen molar-refractivity contribution in [2.24, 2.45) is 0 Å². The lowest BCUT2D eigenvalue weighted by Crippen LogP contribution is -2.45. The zero-order valence-corrected chi connectivity index (χ0v) is 15.2. The number of para-hydroxylation sites is 2. The van der Waals surface area contributed by atoms with Gasteiger partial charge in [0, 0.05) is 19.0 Å². The molecular weight excluding hydrogens is 364 g/mol. The van der Waals surface area contributed by atoms with Crippen molar-refractivity contribution in [2.45, 2.75) is 11.8 Å². The van der Waals surface area contributed by atoms with Gasteiger partial charge < -0.3 is 10.2 Å². The second-order valence-electron chi connectivity index (χ2n) is 6.78. The van der Waals surface area contributed by atoms with Crippen molar-refractivity contribution in [3.63, 3.8) is 0 Å². The van der Waals surface area contributed by atoms with Crippen LogP contribution in [0.1, 0.15) is 17.5 Å². The molecule has 1 aromatic heterocycles. The summed E-state index contributed by atoms with van der Waals surface area (Å²) in [4.78, 5) is 27.6. The number of halogens is 1. The fourth-order valence-electron chi connectivity index (χ4n) is 4.19. The summed E-state index contributed by atoms with van der Waals surface area (Å²) in [5.74, 6) is 0.121. The van der Waals surface area contributed by atoms with Crippen molar-refractivity contribution in [3.05, 3.63) is 70.9 Å². The predicted octanol–water partition coefficient (Wildman–Crippen LogP) is 3.13. The lowest BCUT2D eigenvalue weighted by atomic mass is 9.72. The highest BCUT2D eigenvalue weighted by atomic mass is 35.5. The number of benzene rings is 2. The lowest BCUT2D eigenvalue weighted by Gasteiger charge is -2.32. The molecule has 0 radical (unpaired) electrons. The van der Waals surface area contributed by atoms with Crippen LogP contribution in [0.2, 0.25) is 5.02 Å². The number of carbonyl (C=O) groups excluding carboxylic acids is 2. The molecule has 6 nitrogen and oxygen atoms in total. The summed E-state index contributed by atoms with van der Waals surface area (Å²) in [6.45, 7) is 0. The highest BCUT2D eigenvalue weighted by Crippen LogP contribution is 2.53. The van der Waals surface area contributed by atoms with Gasteiger partial charge in [-0.2, -0.15) is 5.10 Å². The molecule has 0 fully saturated rings. The Hall–Kier alpha value is -3.12. The van der Waals surface area contributed by atoms with Gasteiger partial charge in [0.05, 0.1) is 22.6 Å². The van der Waals surface area contributed by atoms with Gasteiger partial charge in [-0.3, -0.25) is 9.59 Å². The third-order valence-corrected chi connectivity index (χ3v) is 5.67. The van der Waals surface area contributed by atoms with E-state index in [1.54, 1.807) is 28.9 Å². The second-order valence-corrected chi connectivity index (χ2v) is 7.19. The van der Waals surface area contributed by atoms with Crippen LogP contribution < -0.4 is 10.2 Å². The van der Waals surface area contributed by atoms with E-state index in [1.165, 1.54) is 0 Å². The molecule has 2 aliphatic rings. The maximum Gasteiger partial charge on any atom is 0.242 e. The van der Waals surface area contributed by atoms with E-state index in [9.17, 15) is 9.59 Å². The average Bonchev–Trinajstić information content (AvgIpc) is 3.18. The predicted molar refractivity (Wildman–Crippen MR) is 102 cm³/mol. The Balaban J connectivity index is 1.81. The summed E-state index contributed by atoms with van der Waals surface area (Å²) in [6, 6.07) is 14.9. The average molecular weight is 379 g/mol. The highest BCUT2D eigenvalue weighted by Gasteiger charge is 2.56. The largest absolute Gasteiger partial charge is 0.313 e. The van der Waals surface area contributed by atoms with Crippen LogP contribution in [-0.4, -0.2) is 28.6 Å². The summed E-state index contributed by atoms with van der Waals surface area (Å²) in [7, 11) is 1.69. The SMILES string of the molecule is CN1C(=O)[C@]2(CC(=O)Nc3c2cnn3-c2ccccc2)c2cccc(Cl)c21. The van der Waals surface area contributed by atoms with E-state index in [0.29, 0.717) is 22.1 Å². The van der Waals surface area contributed by atoms with Gasteiger partial charge in [-0.1, -0.05) is 41.9 Å². The van der Waals surface area contributed by atoms with Gasteiger partial charge in [0.25, 0.3) is 0 Å². The lowest BCUT2D eigenvalue weighted by molar-refractivity contribution is -0.126. The quantitative estimate of drug-likeness (QED) is 0.707. The van der Waals surface area contributed by atoms with E-state index in [-0.39, 0.29) is 18.2 Å². The number of amides is 2. The van der Waals surface area contributed by atoms with Crippen molar-refractivity contribution < 1.29 is 9.59 Å². The monoisotopic (exact) mass is 378 g/mol. The molecular formula is C20H15ClN4O2. The summed E-state index contributed by atoms with van der Waals surface area (Å²) in [5, 5.41) is 7.86. The van der Waals surface area contributed by atoms with Gasteiger partial charge in [-0.25, -0.2) is 4.68 Å². The topological polar surface area (TPSA) is 67.2 Å². The normalized spacial score (nSPS) is 20.6. The summed E-state index contributed by atoms with van der Waals surface area (Å²) >= 11 is 6.38. The van der Waals surface area contributed by atoms with E-state index < -0.39 is 5.41 Å². The molecule has 27 heavy (non-hydrogen) atoms. The van der Waals surface area contributed by atoms with Crippen molar-refractivity contribution in [3.8, 4) is 5.69 Å². The number of carbonyl (C=O) groups is 2. The Morgan fingerprint density at radius 2 is 1.85 bits per heavy atom. The van der Waals surface area contributed by atoms with Crippen LogP contribution in [0.5, 0.6) is 0 Å². The van der Waals surface area contributed by atoms with E-state index in [1.807, 2.05) is 42.5 Å². The number of anilines is 2. The third-order valence-electron chi connectivity index (χ3n) is 5.37. The first-order valence-electron chi connectivity index (χ1n) is 8.55. The molecule has 2 aliphatic heterocycles. The van der Waals surface area contributed by atoms with E-state index in [0.717, 1.165) is 11.3 Å². The number of nitrogens with zero attached hydrogens (tertiary/aromatic N) is 3. The molecule has 0 unspecified atom stereocenters. The van der Waals surface area contributed by atoms with Gasteiger partial charge in [0.2, 0.25) is 11.8 Å². The molecule has 1 N–H and O–H groups in total. The van der Waals surface area contributed by atoms with Crippen LogP contribution in [0.4, 0.5) is 11.5 Å². The molecule has 5 rings (SSSR count). The molecule has 0 bridgehead atoms. The number of hydrogen-bond acceptors (Lipinski definition) is 3. The molecule has 1 spiro atoms. The first-order valence-corrected chi connectivity index (χ1v) is 8.93. The molecule has 3 heterocycles. The zero-order valence-electron chi connectivity index (χ0n) is 14.4. The molecule has 0 saturated carbocycles. The first-order chi connectivity index (χ1) is 13.0. The first kappa shape index (κ1) is 16.1. The van der Waals surface area contributed by atoms with Gasteiger partial charge in [-0.15, -0.1) is 0 Å². The molecule has 0 aliphatic carbocycles. The summed E-state index contributed by atoms with van der Waals surface area (Å²) in [6.07, 6.45) is 1.69. The van der Waals surface area contributed by atoms with Crippen molar-refractivity contribution in [1.82, 2.24) is 9.78 Å². The van der Waals surface area contributed by atoms with Crippen LogP contribution in [0.15, 0.2) is 54.7 Å². The number of fused-ring (bicyclic) bond motifs is 4. The Morgan fingerprint density at radius 3 is 2.63 bits per heavy atom. The number of likely N-dealkylation sites (N-methyl/N-ethyl adjacent to an activating group) is 1. The summed E-state index contributed by atoms with van der Waals surface area (Å²) < 4.78 is 1.66. The van der Waals surface area contributed by atoms with E-state index in [4.69, 9.17) is 11.6 Å². The fraction of sp³-hybridized carbons (Fsp3) is 0.150. The Morgan fingerprint density at radius 1 is 1.07 bits per heavy atom. The van der Waals surface area contributed by atoms with Crippen LogP contribution in [0.25, 0.3) is 5.69 Å². The third kappa shape index (κ3) is 1.99. The Kier molecular flexibility index (Phi) is 3.24. The van der Waals surface area contributed by atoms with Crippen molar-refractivity contribution >= 4 is 34.9 Å². The summed E-state index contributed by atoms with van der Waals surface area (Å²) in [5.41, 5.74) is 1.77. The minimum absolute atomic E-state index is 0.0248. The zero-order chi connectivity index (χ0) is 18.8. The molecule has 7 heteroatoms. The van der Waals surface area contributed by atoms with E-state index >= 15 is 0 Å². The molecule has 2 amide bonds. The molecule has 1 atom stereocenters. The fourth-order valence-corrected chi connectivity index (χ4v) is 4.49. The van der Waals surface area contributed by atoms with Gasteiger partial charge in [-0.05, 0) is 23.8 Å². The second kappa shape index (κ2) is 5.44. The minimum atomic E-state index is -1.11. The number of aromatic nitrogens is 2. The van der Waals surface area contributed by atoms with Crippen molar-refractivity contribution in [1.29, 1.82) is 0 Å². The van der Waals surface area contributed by atoms with Crippen LogP contribution >= 0.6 is 11.6 Å². The molecule has 3 aromatic rings. The standard InChI is InChI=1S/C20H15ClN4O2/c1-24-17-13(8-5-9-15(17)21)20(19(24)27)10-16(26)23-18-14(20)11-22-25(18)12-6-3-2-4-7-12/h2-9,11H,10H2,1H3,(H,23,26)/t20-/m1/s1. The number of rotatable bonds is 1. The van der Waals surface area contributed by atoms with Crippen molar-refractivity contribution in [2.75, 3.05) is 17.3 Å². The highest BCUT2D eigenvalue weighted by molar-refractivity contribution is 6.35.